The third kappa shape index (κ3) is 2.47. The molecule has 1 N–H and O–H groups in total. The molecular weight excluding hydrogens is 254 g/mol. The minimum absolute atomic E-state index is 0.00279. The van der Waals surface area contributed by atoms with Gasteiger partial charge >= 0.3 is 0 Å². The highest BCUT2D eigenvalue weighted by molar-refractivity contribution is 5.98. The van der Waals surface area contributed by atoms with Crippen LogP contribution in [0, 0.1) is 0 Å². The van der Waals surface area contributed by atoms with Crippen LogP contribution in [-0.2, 0) is 4.79 Å². The highest BCUT2D eigenvalue weighted by Gasteiger charge is 2.19. The van der Waals surface area contributed by atoms with Crippen molar-refractivity contribution in [2.75, 3.05) is 19.6 Å². The number of carbonyl (C=O) groups excluding carboxylic acids is 2. The largest absolute Gasteiger partial charge is 0.354 e. The van der Waals surface area contributed by atoms with Gasteiger partial charge in [0.25, 0.3) is 5.91 Å². The van der Waals surface area contributed by atoms with Gasteiger partial charge in [0, 0.05) is 43.2 Å². The first-order chi connectivity index (χ1) is 9.74. The van der Waals surface area contributed by atoms with Crippen molar-refractivity contribution in [2.24, 2.45) is 0 Å². The zero-order valence-corrected chi connectivity index (χ0v) is 11.0. The molecule has 1 saturated heterocycles. The second-order valence-corrected chi connectivity index (χ2v) is 4.80. The number of aromatic nitrogens is 1. The molecule has 0 atom stereocenters. The fraction of sp³-hybridized carbons (Fsp3) is 0.267. The Hall–Kier alpha value is -2.43. The van der Waals surface area contributed by atoms with Crippen LogP contribution in [0.5, 0.6) is 0 Å². The maximum absolute atomic E-state index is 12.5. The summed E-state index contributed by atoms with van der Waals surface area (Å²) in [5.41, 5.74) is 1.51. The van der Waals surface area contributed by atoms with Gasteiger partial charge in [-0.25, -0.2) is 0 Å². The van der Waals surface area contributed by atoms with Crippen LogP contribution < -0.4 is 5.32 Å². The number of carbonyl (C=O) groups is 2. The Morgan fingerprint density at radius 2 is 2.15 bits per heavy atom. The molecular formula is C15H15N3O2. The van der Waals surface area contributed by atoms with E-state index in [4.69, 9.17) is 0 Å². The first kappa shape index (κ1) is 12.6. The predicted octanol–water partition coefficient (Wildman–Crippen LogP) is 1.20. The van der Waals surface area contributed by atoms with Crippen molar-refractivity contribution in [1.29, 1.82) is 0 Å². The van der Waals surface area contributed by atoms with E-state index in [0.717, 1.165) is 10.9 Å². The molecule has 1 fully saturated rings. The van der Waals surface area contributed by atoms with Crippen molar-refractivity contribution in [1.82, 2.24) is 15.2 Å². The molecule has 2 aromatic rings. The summed E-state index contributed by atoms with van der Waals surface area (Å²) in [6.07, 6.45) is 2.09. The number of pyridine rings is 1. The fourth-order valence-corrected chi connectivity index (χ4v) is 2.36. The smallest absolute Gasteiger partial charge is 0.253 e. The number of benzene rings is 1. The van der Waals surface area contributed by atoms with E-state index < -0.39 is 0 Å². The average Bonchev–Trinajstić information content (AvgIpc) is 2.71. The Morgan fingerprint density at radius 1 is 1.25 bits per heavy atom. The van der Waals surface area contributed by atoms with Crippen molar-refractivity contribution in [3.05, 3.63) is 42.1 Å². The lowest BCUT2D eigenvalue weighted by molar-refractivity contribution is -0.120. The molecule has 0 aliphatic carbocycles. The predicted molar refractivity (Wildman–Crippen MR) is 75.3 cm³/mol. The van der Waals surface area contributed by atoms with Crippen molar-refractivity contribution in [3.8, 4) is 0 Å². The van der Waals surface area contributed by atoms with Gasteiger partial charge in [-0.3, -0.25) is 14.6 Å². The number of nitrogens with one attached hydrogen (secondary N) is 1. The van der Waals surface area contributed by atoms with Crippen molar-refractivity contribution >= 4 is 22.7 Å². The Labute approximate surface area is 116 Å². The summed E-state index contributed by atoms with van der Waals surface area (Å²) in [5, 5.41) is 3.71. The molecule has 5 nitrogen and oxygen atoms in total. The van der Waals surface area contributed by atoms with Crippen LogP contribution in [0.2, 0.25) is 0 Å². The van der Waals surface area contributed by atoms with Crippen LogP contribution >= 0.6 is 0 Å². The molecule has 1 aromatic carbocycles. The number of hydrogen-bond acceptors (Lipinski definition) is 3. The zero-order chi connectivity index (χ0) is 13.9. The lowest BCUT2D eigenvalue weighted by atomic mass is 10.1. The molecule has 1 aromatic heterocycles. The van der Waals surface area contributed by atoms with Crippen LogP contribution in [0.1, 0.15) is 16.8 Å². The lowest BCUT2D eigenvalue weighted by Gasteiger charge is -2.19. The van der Waals surface area contributed by atoms with Gasteiger partial charge in [-0.2, -0.15) is 0 Å². The Morgan fingerprint density at radius 3 is 3.05 bits per heavy atom. The van der Waals surface area contributed by atoms with Crippen molar-refractivity contribution < 1.29 is 9.59 Å². The van der Waals surface area contributed by atoms with E-state index in [1.54, 1.807) is 17.2 Å². The summed E-state index contributed by atoms with van der Waals surface area (Å²) in [6, 6.07) is 9.28. The van der Waals surface area contributed by atoms with Crippen LogP contribution in [0.25, 0.3) is 10.9 Å². The zero-order valence-electron chi connectivity index (χ0n) is 11.0. The van der Waals surface area contributed by atoms with Gasteiger partial charge in [0.05, 0.1) is 5.52 Å². The van der Waals surface area contributed by atoms with Crippen LogP contribution in [-0.4, -0.2) is 41.3 Å². The monoisotopic (exact) mass is 269 g/mol. The molecule has 5 heteroatoms. The highest BCUT2D eigenvalue weighted by Crippen LogP contribution is 2.15. The third-order valence-corrected chi connectivity index (χ3v) is 3.45. The SMILES string of the molecule is O=C1CCN(C(=O)c2ccc3ncccc3c2)CCN1. The Bertz CT molecular complexity index is 669. The normalized spacial score (nSPS) is 15.8. The van der Waals surface area contributed by atoms with Gasteiger partial charge in [0.15, 0.2) is 0 Å². The van der Waals surface area contributed by atoms with Crippen LogP contribution in [0.4, 0.5) is 0 Å². The van der Waals surface area contributed by atoms with Crippen molar-refractivity contribution in [3.63, 3.8) is 0 Å². The van der Waals surface area contributed by atoms with Gasteiger partial charge in [-0.1, -0.05) is 6.07 Å². The third-order valence-electron chi connectivity index (χ3n) is 3.45. The van der Waals surface area contributed by atoms with E-state index >= 15 is 0 Å². The molecule has 0 spiro atoms. The van der Waals surface area contributed by atoms with Gasteiger partial charge in [0.2, 0.25) is 5.91 Å². The Kier molecular flexibility index (Phi) is 3.33. The average molecular weight is 269 g/mol. The summed E-state index contributed by atoms with van der Waals surface area (Å²) in [6.45, 7) is 1.53. The van der Waals surface area contributed by atoms with E-state index in [1.165, 1.54) is 0 Å². The quantitative estimate of drug-likeness (QED) is 0.846. The topological polar surface area (TPSA) is 62.3 Å². The summed E-state index contributed by atoms with van der Waals surface area (Å²) in [5.74, 6) is -0.0322. The van der Waals surface area contributed by atoms with E-state index in [0.29, 0.717) is 31.6 Å². The molecule has 0 radical (unpaired) electrons. The minimum atomic E-state index is -0.0350. The fourth-order valence-electron chi connectivity index (χ4n) is 2.36. The molecule has 0 unspecified atom stereocenters. The van der Waals surface area contributed by atoms with E-state index in [9.17, 15) is 9.59 Å². The molecule has 20 heavy (non-hydrogen) atoms. The Balaban J connectivity index is 1.86. The molecule has 2 amide bonds. The number of fused-ring (bicyclic) bond motifs is 1. The molecule has 0 saturated carbocycles. The molecule has 1 aliphatic heterocycles. The molecule has 102 valence electrons. The van der Waals surface area contributed by atoms with Gasteiger partial charge < -0.3 is 10.2 Å². The molecule has 0 bridgehead atoms. The number of amides is 2. The molecule has 3 rings (SSSR count). The molecule has 1 aliphatic rings. The summed E-state index contributed by atoms with van der Waals surface area (Å²) in [4.78, 5) is 29.7. The second-order valence-electron chi connectivity index (χ2n) is 4.80. The summed E-state index contributed by atoms with van der Waals surface area (Å²) >= 11 is 0. The molecule has 2 heterocycles. The number of hydrogen-bond donors (Lipinski definition) is 1. The standard InChI is InChI=1S/C15H15N3O2/c19-14-5-8-18(9-7-17-14)15(20)12-3-4-13-11(10-12)2-1-6-16-13/h1-4,6,10H,5,7-9H2,(H,17,19). The first-order valence-corrected chi connectivity index (χ1v) is 6.65. The van der Waals surface area contributed by atoms with E-state index in [1.807, 2.05) is 24.3 Å². The van der Waals surface area contributed by atoms with Gasteiger partial charge in [-0.15, -0.1) is 0 Å². The lowest BCUT2D eigenvalue weighted by Crippen LogP contribution is -2.34. The van der Waals surface area contributed by atoms with Crippen LogP contribution in [0.3, 0.4) is 0 Å². The maximum Gasteiger partial charge on any atom is 0.253 e. The second kappa shape index (κ2) is 5.28. The van der Waals surface area contributed by atoms with Crippen molar-refractivity contribution in [2.45, 2.75) is 6.42 Å². The summed E-state index contributed by atoms with van der Waals surface area (Å²) in [7, 11) is 0. The number of nitrogens with zero attached hydrogens (tertiary/aromatic N) is 2. The number of rotatable bonds is 1. The van der Waals surface area contributed by atoms with E-state index in [2.05, 4.69) is 10.3 Å². The van der Waals surface area contributed by atoms with Crippen LogP contribution in [0.15, 0.2) is 36.5 Å². The minimum Gasteiger partial charge on any atom is -0.354 e. The maximum atomic E-state index is 12.5. The highest BCUT2D eigenvalue weighted by atomic mass is 16.2. The summed E-state index contributed by atoms with van der Waals surface area (Å²) < 4.78 is 0. The van der Waals surface area contributed by atoms with Gasteiger partial charge in [-0.05, 0) is 24.3 Å². The van der Waals surface area contributed by atoms with Gasteiger partial charge in [0.1, 0.15) is 0 Å². The first-order valence-electron chi connectivity index (χ1n) is 6.65. The van der Waals surface area contributed by atoms with E-state index in [-0.39, 0.29) is 11.8 Å².